The average Bonchev–Trinajstić information content (AvgIpc) is 2.14. The summed E-state index contributed by atoms with van der Waals surface area (Å²) in [5.74, 6) is 0. The van der Waals surface area contributed by atoms with Crippen molar-refractivity contribution in [3.63, 3.8) is 0 Å². The number of aryl methyl sites for hydroxylation is 1. The summed E-state index contributed by atoms with van der Waals surface area (Å²) in [5, 5.41) is 0. The maximum Gasteiger partial charge on any atom is 0.283 e. The van der Waals surface area contributed by atoms with Crippen LogP contribution in [-0.4, -0.2) is 6.29 Å². The van der Waals surface area contributed by atoms with Crippen LogP contribution < -0.4 is 0 Å². The third-order valence-corrected chi connectivity index (χ3v) is 2.22. The molecule has 0 aliphatic rings. The quantitative estimate of drug-likeness (QED) is 0.558. The van der Waals surface area contributed by atoms with E-state index in [0.717, 1.165) is 11.8 Å². The Labute approximate surface area is 83.7 Å². The van der Waals surface area contributed by atoms with Crippen LogP contribution in [0.15, 0.2) is 24.3 Å². The number of carbonyl (C=O) groups excluding carboxylic acids is 1. The van der Waals surface area contributed by atoms with Gasteiger partial charge in [-0.15, -0.1) is 0 Å². The number of carbonyl (C=O) groups is 1. The third-order valence-electron chi connectivity index (χ3n) is 1.89. The molecule has 1 rings (SSSR count). The second-order valence-electron chi connectivity index (χ2n) is 3.03. The zero-order valence-electron chi connectivity index (χ0n) is 7.54. The van der Waals surface area contributed by atoms with Gasteiger partial charge in [-0.2, -0.15) is 8.78 Å². The molecule has 76 valence electrons. The third kappa shape index (κ3) is 3.15. The molecular formula is C10H11F2OP. The average molecular weight is 216 g/mol. The van der Waals surface area contributed by atoms with Gasteiger partial charge in [0.1, 0.15) is 6.29 Å². The smallest absolute Gasteiger partial charge is 0.283 e. The molecule has 0 amide bonds. The predicted octanol–water partition coefficient (Wildman–Crippen LogP) is 2.74. The van der Waals surface area contributed by atoms with E-state index in [1.807, 2.05) is 0 Å². The molecule has 0 saturated carbocycles. The summed E-state index contributed by atoms with van der Waals surface area (Å²) in [6.07, 6.45) is 1.85. The van der Waals surface area contributed by atoms with Crippen molar-refractivity contribution in [2.75, 3.05) is 0 Å². The molecule has 14 heavy (non-hydrogen) atoms. The molecule has 0 saturated heterocycles. The first kappa shape index (κ1) is 11.3. The van der Waals surface area contributed by atoms with Crippen molar-refractivity contribution < 1.29 is 13.6 Å². The summed E-state index contributed by atoms with van der Waals surface area (Å²) in [5.41, 5.74) is -2.00. The zero-order valence-corrected chi connectivity index (χ0v) is 8.70. The molecule has 0 heterocycles. The topological polar surface area (TPSA) is 17.1 Å². The molecule has 4 heteroatoms. The van der Waals surface area contributed by atoms with Gasteiger partial charge in [-0.1, -0.05) is 33.5 Å². The first-order valence-corrected chi connectivity index (χ1v) is 4.81. The number of hydrogen-bond donors (Lipinski definition) is 0. The van der Waals surface area contributed by atoms with Gasteiger partial charge in [0.25, 0.3) is 5.66 Å². The van der Waals surface area contributed by atoms with Gasteiger partial charge in [0.2, 0.25) is 0 Å². The molecule has 0 spiro atoms. The van der Waals surface area contributed by atoms with Crippen LogP contribution in [0, 0.1) is 0 Å². The van der Waals surface area contributed by atoms with Gasteiger partial charge in [-0.05, 0) is 12.0 Å². The highest BCUT2D eigenvalue weighted by Gasteiger charge is 2.23. The minimum Gasteiger partial charge on any atom is -0.303 e. The fourth-order valence-corrected chi connectivity index (χ4v) is 1.31. The van der Waals surface area contributed by atoms with E-state index < -0.39 is 5.66 Å². The normalized spacial score (nSPS) is 11.4. The Bertz CT molecular complexity index is 303. The van der Waals surface area contributed by atoms with Crippen molar-refractivity contribution in [1.82, 2.24) is 0 Å². The van der Waals surface area contributed by atoms with E-state index in [2.05, 4.69) is 0 Å². The van der Waals surface area contributed by atoms with Gasteiger partial charge in [0.05, 0.1) is 0 Å². The second kappa shape index (κ2) is 4.61. The maximum atomic E-state index is 12.7. The summed E-state index contributed by atoms with van der Waals surface area (Å²) >= 11 is 0. The van der Waals surface area contributed by atoms with E-state index in [9.17, 15) is 13.6 Å². The Hall–Kier alpha value is -0.820. The number of rotatable bonds is 4. The number of hydrogen-bond acceptors (Lipinski definition) is 1. The highest BCUT2D eigenvalue weighted by atomic mass is 31.0. The molecule has 0 fully saturated rings. The molecule has 1 nitrogen and oxygen atoms in total. The van der Waals surface area contributed by atoms with E-state index in [4.69, 9.17) is 0 Å². The number of alkyl halides is 2. The number of benzene rings is 1. The van der Waals surface area contributed by atoms with Crippen LogP contribution in [0.5, 0.6) is 0 Å². The van der Waals surface area contributed by atoms with Crippen molar-refractivity contribution in [2.24, 2.45) is 0 Å². The SMILES string of the molecule is O=CCCc1ccc(C(F)(F)P)cc1. The van der Waals surface area contributed by atoms with Gasteiger partial charge in [-0.25, -0.2) is 0 Å². The number of halogens is 2. The Morgan fingerprint density at radius 3 is 2.29 bits per heavy atom. The van der Waals surface area contributed by atoms with Gasteiger partial charge in [-0.3, -0.25) is 0 Å². The van der Waals surface area contributed by atoms with Crippen LogP contribution in [-0.2, 0) is 16.9 Å². The number of aldehydes is 1. The van der Waals surface area contributed by atoms with Crippen LogP contribution in [0.3, 0.4) is 0 Å². The van der Waals surface area contributed by atoms with E-state index in [1.165, 1.54) is 21.4 Å². The Balaban J connectivity index is 2.73. The van der Waals surface area contributed by atoms with Crippen molar-refractivity contribution in [3.05, 3.63) is 35.4 Å². The van der Waals surface area contributed by atoms with Gasteiger partial charge < -0.3 is 4.79 Å². The standard InChI is InChI=1S/C10H11F2OP/c11-10(12,14)9-5-3-8(4-6-9)2-1-7-13/h3-7H,1-2,14H2. The first-order chi connectivity index (χ1) is 6.54. The Kier molecular flexibility index (Phi) is 3.70. The van der Waals surface area contributed by atoms with Crippen LogP contribution in [0.1, 0.15) is 17.5 Å². The molecule has 1 aromatic rings. The van der Waals surface area contributed by atoms with E-state index in [0.29, 0.717) is 12.8 Å². The molecule has 0 aliphatic heterocycles. The molecular weight excluding hydrogens is 205 g/mol. The van der Waals surface area contributed by atoms with Gasteiger partial charge in [0, 0.05) is 12.0 Å². The lowest BCUT2D eigenvalue weighted by Crippen LogP contribution is -2.02. The minimum atomic E-state index is -2.87. The fourth-order valence-electron chi connectivity index (χ4n) is 1.12. The summed E-state index contributed by atoms with van der Waals surface area (Å²) in [6, 6.07) is 6.01. The largest absolute Gasteiger partial charge is 0.303 e. The van der Waals surface area contributed by atoms with Gasteiger partial charge in [0.15, 0.2) is 0 Å². The van der Waals surface area contributed by atoms with Crippen LogP contribution >= 0.6 is 9.24 Å². The summed E-state index contributed by atoms with van der Waals surface area (Å²) in [7, 11) is 1.49. The van der Waals surface area contributed by atoms with Crippen molar-refractivity contribution in [3.8, 4) is 0 Å². The Morgan fingerprint density at radius 1 is 1.29 bits per heavy atom. The van der Waals surface area contributed by atoms with Crippen molar-refractivity contribution in [1.29, 1.82) is 0 Å². The highest BCUT2D eigenvalue weighted by molar-refractivity contribution is 7.17. The van der Waals surface area contributed by atoms with E-state index >= 15 is 0 Å². The lowest BCUT2D eigenvalue weighted by Gasteiger charge is -2.10. The Morgan fingerprint density at radius 2 is 1.86 bits per heavy atom. The lowest BCUT2D eigenvalue weighted by molar-refractivity contribution is -0.107. The molecule has 1 unspecified atom stereocenters. The molecule has 0 bridgehead atoms. The van der Waals surface area contributed by atoms with Crippen LogP contribution in [0.2, 0.25) is 0 Å². The van der Waals surface area contributed by atoms with Gasteiger partial charge >= 0.3 is 0 Å². The first-order valence-electron chi connectivity index (χ1n) is 4.24. The predicted molar refractivity (Wildman–Crippen MR) is 54.4 cm³/mol. The zero-order chi connectivity index (χ0) is 10.6. The summed E-state index contributed by atoms with van der Waals surface area (Å²) in [6.45, 7) is 0. The molecule has 0 radical (unpaired) electrons. The van der Waals surface area contributed by atoms with Crippen molar-refractivity contribution >= 4 is 15.5 Å². The van der Waals surface area contributed by atoms with E-state index in [-0.39, 0.29) is 5.56 Å². The monoisotopic (exact) mass is 216 g/mol. The van der Waals surface area contributed by atoms with E-state index in [1.54, 1.807) is 12.1 Å². The van der Waals surface area contributed by atoms with Crippen LogP contribution in [0.25, 0.3) is 0 Å². The molecule has 0 aromatic heterocycles. The van der Waals surface area contributed by atoms with Crippen molar-refractivity contribution in [2.45, 2.75) is 18.5 Å². The second-order valence-corrected chi connectivity index (χ2v) is 3.75. The summed E-state index contributed by atoms with van der Waals surface area (Å²) in [4.78, 5) is 10.1. The molecule has 0 aliphatic carbocycles. The lowest BCUT2D eigenvalue weighted by atomic mass is 10.1. The van der Waals surface area contributed by atoms with Crippen LogP contribution in [0.4, 0.5) is 8.78 Å². The molecule has 0 N–H and O–H groups in total. The molecule has 1 aromatic carbocycles. The fraction of sp³-hybridized carbons (Fsp3) is 0.300. The molecule has 1 atom stereocenters. The maximum absolute atomic E-state index is 12.7. The highest BCUT2D eigenvalue weighted by Crippen LogP contribution is 2.34. The minimum absolute atomic E-state index is 0.0302. The summed E-state index contributed by atoms with van der Waals surface area (Å²) < 4.78 is 25.5.